The number of carbonyl (C=O) groups is 1. The molecule has 6 heteroatoms. The van der Waals surface area contributed by atoms with Crippen LogP contribution < -0.4 is 5.56 Å². The van der Waals surface area contributed by atoms with Crippen LogP contribution in [-0.4, -0.2) is 65.2 Å². The zero-order valence-corrected chi connectivity index (χ0v) is 12.9. The van der Waals surface area contributed by atoms with E-state index in [-0.39, 0.29) is 5.56 Å². The van der Waals surface area contributed by atoms with E-state index in [1.165, 1.54) is 0 Å². The fraction of sp³-hybridized carbons (Fsp3) is 0.600. The maximum absolute atomic E-state index is 12.3. The van der Waals surface area contributed by atoms with Crippen molar-refractivity contribution in [3.05, 3.63) is 33.2 Å². The summed E-state index contributed by atoms with van der Waals surface area (Å²) >= 11 is 0. The molecule has 1 aromatic heterocycles. The van der Waals surface area contributed by atoms with E-state index >= 15 is 0 Å². The molecule has 1 saturated heterocycles. The SMILES string of the molecule is Cc1cc(C)n(CCN2CCN(C)CC2)c(=O)c1C(=O)O. The van der Waals surface area contributed by atoms with E-state index in [0.29, 0.717) is 12.1 Å². The Kier molecular flexibility index (Phi) is 4.80. The number of pyridine rings is 1. The van der Waals surface area contributed by atoms with E-state index in [0.717, 1.165) is 38.4 Å². The van der Waals surface area contributed by atoms with Crippen LogP contribution in [0.1, 0.15) is 21.6 Å². The lowest BCUT2D eigenvalue weighted by atomic mass is 10.1. The molecule has 1 fully saturated rings. The van der Waals surface area contributed by atoms with Crippen LogP contribution in [0.5, 0.6) is 0 Å². The van der Waals surface area contributed by atoms with Crippen LogP contribution in [0.3, 0.4) is 0 Å². The van der Waals surface area contributed by atoms with E-state index in [1.807, 2.05) is 6.92 Å². The summed E-state index contributed by atoms with van der Waals surface area (Å²) in [5, 5.41) is 9.18. The van der Waals surface area contributed by atoms with Crippen LogP contribution in [0, 0.1) is 13.8 Å². The van der Waals surface area contributed by atoms with Gasteiger partial charge in [-0.25, -0.2) is 4.79 Å². The third-order valence-electron chi connectivity index (χ3n) is 4.15. The Balaban J connectivity index is 2.15. The number of aryl methyl sites for hydroxylation is 2. The van der Waals surface area contributed by atoms with Crippen LogP contribution in [0.2, 0.25) is 0 Å². The Hall–Kier alpha value is -1.66. The summed E-state index contributed by atoms with van der Waals surface area (Å²) in [6.07, 6.45) is 0. The van der Waals surface area contributed by atoms with Gasteiger partial charge in [0.15, 0.2) is 0 Å². The molecule has 1 N–H and O–H groups in total. The summed E-state index contributed by atoms with van der Waals surface area (Å²) < 4.78 is 1.58. The predicted molar refractivity (Wildman–Crippen MR) is 81.1 cm³/mol. The van der Waals surface area contributed by atoms with Gasteiger partial charge < -0.3 is 14.6 Å². The molecule has 6 nitrogen and oxygen atoms in total. The highest BCUT2D eigenvalue weighted by molar-refractivity contribution is 5.88. The normalized spacial score (nSPS) is 17.1. The summed E-state index contributed by atoms with van der Waals surface area (Å²) in [6, 6.07) is 1.77. The van der Waals surface area contributed by atoms with E-state index < -0.39 is 11.5 Å². The summed E-state index contributed by atoms with van der Waals surface area (Å²) in [5.74, 6) is -1.15. The number of piperazine rings is 1. The van der Waals surface area contributed by atoms with Crippen LogP contribution in [0.25, 0.3) is 0 Å². The Morgan fingerprint density at radius 1 is 1.19 bits per heavy atom. The van der Waals surface area contributed by atoms with Gasteiger partial charge in [0.1, 0.15) is 5.56 Å². The fourth-order valence-electron chi connectivity index (χ4n) is 2.78. The minimum atomic E-state index is -1.15. The van der Waals surface area contributed by atoms with E-state index in [4.69, 9.17) is 0 Å². The van der Waals surface area contributed by atoms with Gasteiger partial charge in [-0.05, 0) is 32.5 Å². The molecule has 0 saturated carbocycles. The number of hydrogen-bond donors (Lipinski definition) is 1. The van der Waals surface area contributed by atoms with Gasteiger partial charge in [0.2, 0.25) is 0 Å². The number of nitrogens with zero attached hydrogens (tertiary/aromatic N) is 3. The lowest BCUT2D eigenvalue weighted by Crippen LogP contribution is -2.46. The first kappa shape index (κ1) is 15.7. The Morgan fingerprint density at radius 2 is 1.81 bits per heavy atom. The Morgan fingerprint density at radius 3 is 2.38 bits per heavy atom. The number of rotatable bonds is 4. The molecule has 0 unspecified atom stereocenters. The summed E-state index contributed by atoms with van der Waals surface area (Å²) in [7, 11) is 2.10. The van der Waals surface area contributed by atoms with Crippen molar-refractivity contribution in [3.8, 4) is 0 Å². The molecular weight excluding hydrogens is 270 g/mol. The first-order valence-corrected chi connectivity index (χ1v) is 7.25. The van der Waals surface area contributed by atoms with Crippen LogP contribution in [0.15, 0.2) is 10.9 Å². The van der Waals surface area contributed by atoms with Gasteiger partial charge in [-0.2, -0.15) is 0 Å². The van der Waals surface area contributed by atoms with Gasteiger partial charge in [-0.3, -0.25) is 9.69 Å². The highest BCUT2D eigenvalue weighted by Crippen LogP contribution is 2.07. The average Bonchev–Trinajstić information content (AvgIpc) is 2.39. The van der Waals surface area contributed by atoms with E-state index in [1.54, 1.807) is 17.6 Å². The number of likely N-dealkylation sites (N-methyl/N-ethyl adjacent to an activating group) is 1. The van der Waals surface area contributed by atoms with Gasteiger partial charge in [-0.15, -0.1) is 0 Å². The Labute approximate surface area is 124 Å². The van der Waals surface area contributed by atoms with E-state index in [9.17, 15) is 14.7 Å². The van der Waals surface area contributed by atoms with Crippen LogP contribution >= 0.6 is 0 Å². The maximum atomic E-state index is 12.3. The first-order valence-electron chi connectivity index (χ1n) is 7.25. The van der Waals surface area contributed by atoms with Crippen molar-refractivity contribution in [3.63, 3.8) is 0 Å². The second-order valence-corrected chi connectivity index (χ2v) is 5.75. The van der Waals surface area contributed by atoms with Gasteiger partial charge >= 0.3 is 5.97 Å². The standard InChI is InChI=1S/C15H23N3O3/c1-11-10-12(2)18(14(19)13(11)15(20)21)9-8-17-6-4-16(3)5-7-17/h10H,4-9H2,1-3H3,(H,20,21). The van der Waals surface area contributed by atoms with Crippen molar-refractivity contribution in [2.45, 2.75) is 20.4 Å². The lowest BCUT2D eigenvalue weighted by Gasteiger charge is -2.32. The molecule has 2 rings (SSSR count). The average molecular weight is 293 g/mol. The second kappa shape index (κ2) is 6.41. The molecule has 0 amide bonds. The summed E-state index contributed by atoms with van der Waals surface area (Å²) in [4.78, 5) is 28.1. The number of hydrogen-bond acceptors (Lipinski definition) is 4. The zero-order valence-electron chi connectivity index (χ0n) is 12.9. The Bertz CT molecular complexity index is 587. The molecule has 0 aromatic carbocycles. The number of carboxylic acid groups (broad SMARTS) is 1. The quantitative estimate of drug-likeness (QED) is 0.871. The molecule has 1 aliphatic rings. The molecule has 1 aliphatic heterocycles. The van der Waals surface area contributed by atoms with Crippen molar-refractivity contribution in [1.29, 1.82) is 0 Å². The van der Waals surface area contributed by atoms with Crippen LogP contribution in [0.4, 0.5) is 0 Å². The third kappa shape index (κ3) is 3.51. The molecule has 0 bridgehead atoms. The molecule has 116 valence electrons. The monoisotopic (exact) mass is 293 g/mol. The highest BCUT2D eigenvalue weighted by atomic mass is 16.4. The molecule has 2 heterocycles. The molecule has 21 heavy (non-hydrogen) atoms. The number of aromatic carboxylic acids is 1. The van der Waals surface area contributed by atoms with Crippen molar-refractivity contribution < 1.29 is 9.90 Å². The minimum Gasteiger partial charge on any atom is -0.477 e. The van der Waals surface area contributed by atoms with Gasteiger partial charge in [0, 0.05) is 45.0 Å². The molecular formula is C15H23N3O3. The largest absolute Gasteiger partial charge is 0.477 e. The fourth-order valence-corrected chi connectivity index (χ4v) is 2.78. The molecule has 0 spiro atoms. The lowest BCUT2D eigenvalue weighted by molar-refractivity contribution is 0.0693. The highest BCUT2D eigenvalue weighted by Gasteiger charge is 2.18. The minimum absolute atomic E-state index is 0.112. The second-order valence-electron chi connectivity index (χ2n) is 5.75. The smallest absolute Gasteiger partial charge is 0.341 e. The van der Waals surface area contributed by atoms with Crippen molar-refractivity contribution >= 4 is 5.97 Å². The third-order valence-corrected chi connectivity index (χ3v) is 4.15. The zero-order chi connectivity index (χ0) is 15.6. The summed E-state index contributed by atoms with van der Waals surface area (Å²) in [5.41, 5.74) is 0.838. The van der Waals surface area contributed by atoms with Crippen LogP contribution in [-0.2, 0) is 6.54 Å². The van der Waals surface area contributed by atoms with Crippen molar-refractivity contribution in [2.24, 2.45) is 0 Å². The van der Waals surface area contributed by atoms with Crippen molar-refractivity contribution in [1.82, 2.24) is 14.4 Å². The molecule has 0 aliphatic carbocycles. The number of carboxylic acids is 1. The molecule has 0 radical (unpaired) electrons. The molecule has 1 aromatic rings. The summed E-state index contributed by atoms with van der Waals surface area (Å²) in [6.45, 7) is 8.87. The maximum Gasteiger partial charge on any atom is 0.341 e. The van der Waals surface area contributed by atoms with Gasteiger partial charge in [0.05, 0.1) is 0 Å². The number of aromatic nitrogens is 1. The molecule has 0 atom stereocenters. The van der Waals surface area contributed by atoms with E-state index in [2.05, 4.69) is 16.8 Å². The topological polar surface area (TPSA) is 65.8 Å². The van der Waals surface area contributed by atoms with Crippen molar-refractivity contribution in [2.75, 3.05) is 39.8 Å². The first-order chi connectivity index (χ1) is 9.90. The van der Waals surface area contributed by atoms with Gasteiger partial charge in [-0.1, -0.05) is 0 Å². The predicted octanol–water partition coefficient (Wildman–Crippen LogP) is 0.411. The van der Waals surface area contributed by atoms with Gasteiger partial charge in [0.25, 0.3) is 5.56 Å².